The topological polar surface area (TPSA) is 109 Å². The molecular weight excluding hydrogens is 452 g/mol. The van der Waals surface area contributed by atoms with Gasteiger partial charge in [0.1, 0.15) is 11.3 Å². The van der Waals surface area contributed by atoms with E-state index in [0.29, 0.717) is 12.8 Å². The molecule has 0 atom stereocenters. The predicted molar refractivity (Wildman–Crippen MR) is 141 cm³/mol. The molecule has 0 radical (unpaired) electrons. The van der Waals surface area contributed by atoms with Gasteiger partial charge in [0.25, 0.3) is 5.91 Å². The van der Waals surface area contributed by atoms with E-state index >= 15 is 0 Å². The molecule has 36 heavy (non-hydrogen) atoms. The highest BCUT2D eigenvalue weighted by Gasteiger charge is 2.18. The number of nitrogens with two attached hydrogens (primary N) is 1. The average Bonchev–Trinajstić information content (AvgIpc) is 2.96. The molecule has 2 aromatic heterocycles. The molecule has 7 heteroatoms. The first kappa shape index (κ1) is 26.6. The molecule has 186 valence electrons. The molecule has 0 spiro atoms. The van der Waals surface area contributed by atoms with E-state index in [9.17, 15) is 14.7 Å². The summed E-state index contributed by atoms with van der Waals surface area (Å²) >= 11 is 0. The molecule has 0 unspecified atom stereocenters. The maximum Gasteiger partial charge on any atom is 0.267 e. The van der Waals surface area contributed by atoms with Crippen LogP contribution >= 0.6 is 0 Å². The summed E-state index contributed by atoms with van der Waals surface area (Å²) in [6.45, 7) is 5.25. The Bertz CT molecular complexity index is 1320. The maximum atomic E-state index is 11.9. The Morgan fingerprint density at radius 2 is 1.94 bits per heavy atom. The quantitative estimate of drug-likeness (QED) is 0.552. The Balaban J connectivity index is 0.000000202. The van der Waals surface area contributed by atoms with Gasteiger partial charge in [-0.05, 0) is 81.1 Å². The second-order valence-corrected chi connectivity index (χ2v) is 9.32. The maximum absolute atomic E-state index is 11.9. The standard InChI is InChI=1S/C16H19NO2.C13H13N3O/c1-16(2,19)10-9-12-7-8-13-5-4-6-15(18)17(3)14(13)11-12;1-9-3-2-4-11(16-9)7-10-5-6-15-12(8-10)13(14)17/h7-8,11,19H,4-6H2,1-3H3;2-6,8H,7H2,1H3,(H2,14,17). The van der Waals surface area contributed by atoms with Gasteiger partial charge in [-0.15, -0.1) is 0 Å². The van der Waals surface area contributed by atoms with E-state index in [2.05, 4.69) is 21.8 Å². The monoisotopic (exact) mass is 484 g/mol. The fraction of sp³-hybridized carbons (Fsp3) is 0.310. The van der Waals surface area contributed by atoms with E-state index in [1.165, 1.54) is 5.56 Å². The Labute approximate surface area is 212 Å². The minimum absolute atomic E-state index is 0.145. The van der Waals surface area contributed by atoms with Crippen molar-refractivity contribution >= 4 is 17.5 Å². The van der Waals surface area contributed by atoms with Crippen LogP contribution in [0.2, 0.25) is 0 Å². The number of rotatable bonds is 3. The smallest absolute Gasteiger partial charge is 0.267 e. The summed E-state index contributed by atoms with van der Waals surface area (Å²) in [5.74, 6) is 5.38. The normalized spacial score (nSPS) is 12.9. The molecule has 0 aliphatic carbocycles. The second-order valence-electron chi connectivity index (χ2n) is 9.32. The number of aryl methyl sites for hydroxylation is 2. The van der Waals surface area contributed by atoms with Crippen molar-refractivity contribution in [1.82, 2.24) is 9.97 Å². The lowest BCUT2D eigenvalue weighted by molar-refractivity contribution is -0.118. The molecule has 3 heterocycles. The number of amides is 2. The van der Waals surface area contributed by atoms with Crippen LogP contribution in [0.5, 0.6) is 0 Å². The number of carbonyl (C=O) groups is 2. The molecule has 0 bridgehead atoms. The van der Waals surface area contributed by atoms with Crippen LogP contribution in [0.1, 0.15) is 65.3 Å². The molecule has 1 aromatic carbocycles. The van der Waals surface area contributed by atoms with Gasteiger partial charge < -0.3 is 15.7 Å². The lowest BCUT2D eigenvalue weighted by Crippen LogP contribution is -2.25. The highest BCUT2D eigenvalue weighted by atomic mass is 16.3. The van der Waals surface area contributed by atoms with Crippen LogP contribution in [-0.2, 0) is 17.6 Å². The first-order chi connectivity index (χ1) is 17.0. The number of aromatic nitrogens is 2. The molecule has 0 saturated carbocycles. The molecule has 3 N–H and O–H groups in total. The van der Waals surface area contributed by atoms with Crippen LogP contribution in [-0.4, -0.2) is 39.5 Å². The van der Waals surface area contributed by atoms with Crippen LogP contribution in [0.25, 0.3) is 0 Å². The van der Waals surface area contributed by atoms with Crippen molar-refractivity contribution in [3.63, 3.8) is 0 Å². The number of primary amides is 1. The van der Waals surface area contributed by atoms with Crippen molar-refractivity contribution in [1.29, 1.82) is 0 Å². The fourth-order valence-corrected chi connectivity index (χ4v) is 3.75. The zero-order valence-corrected chi connectivity index (χ0v) is 21.2. The molecule has 0 saturated heterocycles. The summed E-state index contributed by atoms with van der Waals surface area (Å²) in [5.41, 5.74) is 10.3. The lowest BCUT2D eigenvalue weighted by atomic mass is 10.0. The number of aliphatic hydroxyl groups is 1. The minimum Gasteiger partial charge on any atom is -0.378 e. The Morgan fingerprint density at radius 1 is 1.17 bits per heavy atom. The molecule has 1 aliphatic rings. The highest BCUT2D eigenvalue weighted by Crippen LogP contribution is 2.27. The lowest BCUT2D eigenvalue weighted by Gasteiger charge is -2.17. The van der Waals surface area contributed by atoms with E-state index in [4.69, 9.17) is 5.73 Å². The third-order valence-corrected chi connectivity index (χ3v) is 5.58. The van der Waals surface area contributed by atoms with Gasteiger partial charge >= 0.3 is 0 Å². The van der Waals surface area contributed by atoms with Crippen LogP contribution in [0.15, 0.2) is 54.7 Å². The minimum atomic E-state index is -1.01. The van der Waals surface area contributed by atoms with Crippen LogP contribution in [0.4, 0.5) is 5.69 Å². The molecule has 7 nitrogen and oxygen atoms in total. The van der Waals surface area contributed by atoms with Crippen LogP contribution in [0, 0.1) is 18.8 Å². The first-order valence-corrected chi connectivity index (χ1v) is 11.8. The number of pyridine rings is 2. The van der Waals surface area contributed by atoms with E-state index in [1.54, 1.807) is 38.1 Å². The Hall–Kier alpha value is -4.02. The third-order valence-electron chi connectivity index (χ3n) is 5.58. The molecule has 2 amide bonds. The Morgan fingerprint density at radius 3 is 2.64 bits per heavy atom. The number of nitrogens with zero attached hydrogens (tertiary/aromatic N) is 3. The molecular formula is C29H32N4O3. The van der Waals surface area contributed by atoms with Gasteiger partial charge in [-0.1, -0.05) is 24.0 Å². The van der Waals surface area contributed by atoms with Crippen molar-refractivity contribution < 1.29 is 14.7 Å². The number of benzene rings is 1. The van der Waals surface area contributed by atoms with Gasteiger partial charge in [0, 0.05) is 48.7 Å². The molecule has 3 aromatic rings. The van der Waals surface area contributed by atoms with Crippen molar-refractivity contribution in [2.24, 2.45) is 5.73 Å². The first-order valence-electron chi connectivity index (χ1n) is 11.8. The largest absolute Gasteiger partial charge is 0.378 e. The van der Waals surface area contributed by atoms with Crippen LogP contribution < -0.4 is 10.6 Å². The summed E-state index contributed by atoms with van der Waals surface area (Å²) in [4.78, 5) is 32.9. The number of fused-ring (bicyclic) bond motifs is 1. The van der Waals surface area contributed by atoms with Crippen molar-refractivity contribution in [3.8, 4) is 11.8 Å². The predicted octanol–water partition coefficient (Wildman–Crippen LogP) is 3.58. The van der Waals surface area contributed by atoms with Gasteiger partial charge in [-0.3, -0.25) is 19.6 Å². The zero-order valence-electron chi connectivity index (χ0n) is 21.2. The van der Waals surface area contributed by atoms with Crippen molar-refractivity contribution in [3.05, 3.63) is 88.5 Å². The SMILES string of the molecule is CN1C(=O)CCCc2ccc(C#CC(C)(C)O)cc21.Cc1cccc(Cc2ccnc(C(N)=O)c2)n1. The molecule has 0 fully saturated rings. The summed E-state index contributed by atoms with van der Waals surface area (Å²) in [6.07, 6.45) is 4.67. The van der Waals surface area contributed by atoms with Gasteiger partial charge in [0.15, 0.2) is 0 Å². The third kappa shape index (κ3) is 7.76. The number of carbonyl (C=O) groups excluding carboxylic acids is 2. The summed E-state index contributed by atoms with van der Waals surface area (Å²) in [6, 6.07) is 15.3. The second kappa shape index (κ2) is 11.6. The highest BCUT2D eigenvalue weighted by molar-refractivity contribution is 5.94. The van der Waals surface area contributed by atoms with E-state index in [0.717, 1.165) is 41.0 Å². The van der Waals surface area contributed by atoms with Gasteiger partial charge in [-0.2, -0.15) is 0 Å². The zero-order chi connectivity index (χ0) is 26.3. The van der Waals surface area contributed by atoms with Crippen molar-refractivity contribution in [2.75, 3.05) is 11.9 Å². The van der Waals surface area contributed by atoms with E-state index < -0.39 is 11.5 Å². The van der Waals surface area contributed by atoms with Gasteiger partial charge in [0.05, 0.1) is 0 Å². The van der Waals surface area contributed by atoms with Gasteiger partial charge in [-0.25, -0.2) is 0 Å². The van der Waals surface area contributed by atoms with Crippen molar-refractivity contribution in [2.45, 2.75) is 52.1 Å². The molecule has 1 aliphatic heterocycles. The van der Waals surface area contributed by atoms with Gasteiger partial charge in [0.2, 0.25) is 5.91 Å². The number of hydrogen-bond donors (Lipinski definition) is 2. The average molecular weight is 485 g/mol. The summed E-state index contributed by atoms with van der Waals surface area (Å²) < 4.78 is 0. The van der Waals surface area contributed by atoms with E-state index in [-0.39, 0.29) is 11.6 Å². The fourth-order valence-electron chi connectivity index (χ4n) is 3.75. The Kier molecular flexibility index (Phi) is 8.57. The van der Waals surface area contributed by atoms with Crippen LogP contribution in [0.3, 0.4) is 0 Å². The number of hydrogen-bond acceptors (Lipinski definition) is 5. The van der Waals surface area contributed by atoms with E-state index in [1.807, 2.05) is 49.4 Å². The summed E-state index contributed by atoms with van der Waals surface area (Å²) in [7, 11) is 1.81. The summed E-state index contributed by atoms with van der Waals surface area (Å²) in [5, 5.41) is 9.62. The number of anilines is 1. The molecule has 4 rings (SSSR count).